The van der Waals surface area contributed by atoms with Crippen molar-refractivity contribution in [2.75, 3.05) is 0 Å². The number of nitrogens with two attached hydrogens (primary N) is 1. The molecule has 3 atom stereocenters. The molecule has 0 aromatic rings. The molecule has 0 aliphatic carbocycles. The second kappa shape index (κ2) is 12.5. The minimum atomic E-state index is -1.30. The molecule has 162 valence electrons. The number of aliphatic carboxylic acids is 1. The van der Waals surface area contributed by atoms with Gasteiger partial charge in [0, 0.05) is 6.92 Å². The van der Waals surface area contributed by atoms with Gasteiger partial charge in [0.25, 0.3) is 5.91 Å². The Morgan fingerprint density at radius 2 is 1.54 bits per heavy atom. The number of carbonyl (C=O) groups is 4. The normalized spacial score (nSPS) is 14.5. The van der Waals surface area contributed by atoms with Crippen LogP contribution in [0.3, 0.4) is 0 Å². The highest BCUT2D eigenvalue weighted by molar-refractivity contribution is 6.04. The van der Waals surface area contributed by atoms with Gasteiger partial charge in [-0.2, -0.15) is 0 Å². The van der Waals surface area contributed by atoms with Crippen molar-refractivity contribution in [2.24, 2.45) is 17.6 Å². The maximum absolute atomic E-state index is 13.2. The first kappa shape index (κ1) is 26.0. The third-order valence-corrected chi connectivity index (χ3v) is 4.33. The summed E-state index contributed by atoms with van der Waals surface area (Å²) in [5.74, 6) is -2.92. The summed E-state index contributed by atoms with van der Waals surface area (Å²) < 4.78 is 0. The summed E-state index contributed by atoms with van der Waals surface area (Å²) in [7, 11) is 0. The van der Waals surface area contributed by atoms with Crippen molar-refractivity contribution in [1.29, 1.82) is 0 Å². The predicted molar refractivity (Wildman–Crippen MR) is 107 cm³/mol. The predicted octanol–water partition coefficient (Wildman–Crippen LogP) is 1.91. The number of nitrogens with one attached hydrogen (secondary N) is 1. The van der Waals surface area contributed by atoms with E-state index in [4.69, 9.17) is 5.73 Å². The molecule has 0 spiro atoms. The molecule has 28 heavy (non-hydrogen) atoms. The van der Waals surface area contributed by atoms with Crippen LogP contribution in [0.25, 0.3) is 0 Å². The van der Waals surface area contributed by atoms with Crippen LogP contribution in [0.5, 0.6) is 0 Å². The van der Waals surface area contributed by atoms with Gasteiger partial charge in [0.2, 0.25) is 11.8 Å². The van der Waals surface area contributed by atoms with Crippen LogP contribution >= 0.6 is 0 Å². The third kappa shape index (κ3) is 8.82. The molecule has 3 amide bonds. The fourth-order valence-corrected chi connectivity index (χ4v) is 3.07. The van der Waals surface area contributed by atoms with E-state index in [2.05, 4.69) is 5.32 Å². The fourth-order valence-electron chi connectivity index (χ4n) is 3.07. The molecule has 0 saturated heterocycles. The van der Waals surface area contributed by atoms with E-state index >= 15 is 0 Å². The molecule has 8 nitrogen and oxygen atoms in total. The van der Waals surface area contributed by atoms with Crippen LogP contribution in [0.4, 0.5) is 0 Å². The number of amides is 3. The Balaban J connectivity index is 6.00. The summed E-state index contributed by atoms with van der Waals surface area (Å²) in [6.45, 7) is 10.7. The van der Waals surface area contributed by atoms with Gasteiger partial charge < -0.3 is 16.2 Å². The molecule has 0 aliphatic rings. The number of unbranched alkanes of at least 4 members (excludes halogenated alkanes) is 1. The summed E-state index contributed by atoms with van der Waals surface area (Å²) >= 11 is 0. The van der Waals surface area contributed by atoms with Crippen molar-refractivity contribution in [3.05, 3.63) is 0 Å². The Labute approximate surface area is 168 Å². The Morgan fingerprint density at radius 1 is 1.00 bits per heavy atom. The fraction of sp³-hybridized carbons (Fsp3) is 0.800. The Bertz CT molecular complexity index is 548. The van der Waals surface area contributed by atoms with E-state index in [1.807, 2.05) is 34.6 Å². The lowest BCUT2D eigenvalue weighted by Crippen LogP contribution is -2.59. The van der Waals surface area contributed by atoms with Crippen LogP contribution in [0.1, 0.15) is 73.6 Å². The van der Waals surface area contributed by atoms with Crippen LogP contribution in [-0.4, -0.2) is 51.8 Å². The zero-order valence-corrected chi connectivity index (χ0v) is 18.0. The molecule has 0 radical (unpaired) electrons. The molecule has 0 aromatic heterocycles. The molecule has 0 saturated carbocycles. The van der Waals surface area contributed by atoms with Crippen molar-refractivity contribution < 1.29 is 24.3 Å². The molecular weight excluding hydrogens is 362 g/mol. The molecular formula is C20H37N3O5. The maximum atomic E-state index is 13.2. The van der Waals surface area contributed by atoms with Gasteiger partial charge in [-0.3, -0.25) is 19.3 Å². The second-order valence-corrected chi connectivity index (χ2v) is 8.16. The maximum Gasteiger partial charge on any atom is 0.326 e. The number of carboxylic acids is 1. The van der Waals surface area contributed by atoms with Gasteiger partial charge in [-0.05, 0) is 31.1 Å². The minimum absolute atomic E-state index is 0.0565. The number of imide groups is 1. The summed E-state index contributed by atoms with van der Waals surface area (Å²) in [4.78, 5) is 50.5. The quantitative estimate of drug-likeness (QED) is 0.459. The van der Waals surface area contributed by atoms with E-state index < -0.39 is 41.8 Å². The smallest absolute Gasteiger partial charge is 0.326 e. The van der Waals surface area contributed by atoms with Gasteiger partial charge in [-0.25, -0.2) is 4.79 Å². The van der Waals surface area contributed by atoms with Crippen molar-refractivity contribution in [1.82, 2.24) is 10.2 Å². The van der Waals surface area contributed by atoms with Gasteiger partial charge in [-0.1, -0.05) is 47.5 Å². The number of hydrogen-bond donors (Lipinski definition) is 3. The van der Waals surface area contributed by atoms with Crippen molar-refractivity contribution in [2.45, 2.75) is 91.8 Å². The van der Waals surface area contributed by atoms with E-state index in [1.54, 1.807) is 0 Å². The highest BCUT2D eigenvalue weighted by atomic mass is 16.4. The van der Waals surface area contributed by atoms with Crippen LogP contribution in [0, 0.1) is 11.8 Å². The van der Waals surface area contributed by atoms with E-state index in [9.17, 15) is 24.3 Å². The lowest BCUT2D eigenvalue weighted by Gasteiger charge is -2.33. The summed E-state index contributed by atoms with van der Waals surface area (Å²) in [6.07, 6.45) is 2.03. The SMILES string of the molecule is CCCCC(C(=O)O)N(C(=O)C(N)CC(C)C)C(=O)C(CC(C)C)NC(C)=O. The van der Waals surface area contributed by atoms with Crippen molar-refractivity contribution in [3.8, 4) is 0 Å². The molecule has 0 bridgehead atoms. The number of nitrogens with zero attached hydrogens (tertiary/aromatic N) is 1. The topological polar surface area (TPSA) is 130 Å². The number of rotatable bonds is 12. The third-order valence-electron chi connectivity index (χ3n) is 4.33. The Morgan fingerprint density at radius 3 is 1.93 bits per heavy atom. The van der Waals surface area contributed by atoms with E-state index in [0.717, 1.165) is 11.3 Å². The highest BCUT2D eigenvalue weighted by Crippen LogP contribution is 2.18. The van der Waals surface area contributed by atoms with Crippen LogP contribution < -0.4 is 11.1 Å². The van der Waals surface area contributed by atoms with Gasteiger partial charge in [0.15, 0.2) is 0 Å². The monoisotopic (exact) mass is 399 g/mol. The van der Waals surface area contributed by atoms with Gasteiger partial charge in [-0.15, -0.1) is 0 Å². The Hall–Kier alpha value is -1.96. The number of hydrogen-bond acceptors (Lipinski definition) is 5. The van der Waals surface area contributed by atoms with Crippen LogP contribution in [-0.2, 0) is 19.2 Å². The van der Waals surface area contributed by atoms with Gasteiger partial charge in [0.1, 0.15) is 12.1 Å². The minimum Gasteiger partial charge on any atom is -0.480 e. The first-order valence-electron chi connectivity index (χ1n) is 10.0. The molecule has 0 heterocycles. The highest BCUT2D eigenvalue weighted by Gasteiger charge is 2.40. The van der Waals surface area contributed by atoms with E-state index in [0.29, 0.717) is 19.3 Å². The first-order chi connectivity index (χ1) is 12.9. The zero-order chi connectivity index (χ0) is 22.0. The van der Waals surface area contributed by atoms with E-state index in [-0.39, 0.29) is 18.3 Å². The van der Waals surface area contributed by atoms with Crippen molar-refractivity contribution >= 4 is 23.7 Å². The lowest BCUT2D eigenvalue weighted by atomic mass is 9.98. The summed E-state index contributed by atoms with van der Waals surface area (Å²) in [5.41, 5.74) is 6.00. The van der Waals surface area contributed by atoms with Gasteiger partial charge in [0.05, 0.1) is 6.04 Å². The van der Waals surface area contributed by atoms with Gasteiger partial charge >= 0.3 is 5.97 Å². The summed E-state index contributed by atoms with van der Waals surface area (Å²) in [6, 6.07) is -3.26. The summed E-state index contributed by atoms with van der Waals surface area (Å²) in [5, 5.41) is 12.3. The van der Waals surface area contributed by atoms with Crippen molar-refractivity contribution in [3.63, 3.8) is 0 Å². The molecule has 0 aliphatic heterocycles. The standard InChI is InChI=1S/C20H37N3O5/c1-7-8-9-17(20(27)28)23(18(25)15(21)10-12(2)3)19(26)16(11-13(4)5)22-14(6)24/h12-13,15-17H,7-11,21H2,1-6H3,(H,22,24)(H,27,28). The Kier molecular flexibility index (Phi) is 11.6. The molecule has 4 N–H and O–H groups in total. The average molecular weight is 400 g/mol. The van der Waals surface area contributed by atoms with Crippen LogP contribution in [0.2, 0.25) is 0 Å². The number of carbonyl (C=O) groups excluding carboxylic acids is 3. The first-order valence-corrected chi connectivity index (χ1v) is 10.0. The van der Waals surface area contributed by atoms with Crippen LogP contribution in [0.15, 0.2) is 0 Å². The second-order valence-electron chi connectivity index (χ2n) is 8.16. The zero-order valence-electron chi connectivity index (χ0n) is 18.0. The number of carboxylic acid groups (broad SMARTS) is 1. The molecule has 0 fully saturated rings. The largest absolute Gasteiger partial charge is 0.480 e. The lowest BCUT2D eigenvalue weighted by molar-refractivity contribution is -0.160. The molecule has 0 rings (SSSR count). The molecule has 0 aromatic carbocycles. The average Bonchev–Trinajstić information content (AvgIpc) is 2.55. The van der Waals surface area contributed by atoms with E-state index in [1.165, 1.54) is 6.92 Å². The molecule has 3 unspecified atom stereocenters. The molecule has 8 heteroatoms.